The highest BCUT2D eigenvalue weighted by molar-refractivity contribution is 9.10. The molecule has 0 aliphatic carbocycles. The summed E-state index contributed by atoms with van der Waals surface area (Å²) < 4.78 is 0.988. The lowest BCUT2D eigenvalue weighted by molar-refractivity contribution is 0.953. The number of benzene rings is 1. The molecule has 2 rings (SSSR count). The van der Waals surface area contributed by atoms with Gasteiger partial charge in [-0.05, 0) is 45.9 Å². The number of nitrogens with one attached hydrogen (secondary N) is 1. The summed E-state index contributed by atoms with van der Waals surface area (Å²) in [5, 5.41) is 7.90. The Balaban J connectivity index is 2.28. The molecule has 0 aliphatic heterocycles. The molecule has 2 aromatic rings. The van der Waals surface area contributed by atoms with Gasteiger partial charge in [0.1, 0.15) is 11.5 Å². The van der Waals surface area contributed by atoms with Gasteiger partial charge in [-0.3, -0.25) is 5.41 Å². The van der Waals surface area contributed by atoms with Crippen LogP contribution >= 0.6 is 27.7 Å². The minimum atomic E-state index is -0.0543. The summed E-state index contributed by atoms with van der Waals surface area (Å²) >= 11 is 4.88. The normalized spacial score (nSPS) is 10.2. The Morgan fingerprint density at radius 2 is 2.06 bits per heavy atom. The largest absolute Gasteiger partial charge is 0.382 e. The van der Waals surface area contributed by atoms with Gasteiger partial charge in [0.15, 0.2) is 5.16 Å². The van der Waals surface area contributed by atoms with Gasteiger partial charge in [0.2, 0.25) is 0 Å². The zero-order valence-corrected chi connectivity index (χ0v) is 11.1. The summed E-state index contributed by atoms with van der Waals surface area (Å²) in [6.45, 7) is 0. The molecule has 4 nitrogen and oxygen atoms in total. The van der Waals surface area contributed by atoms with Gasteiger partial charge >= 0.3 is 0 Å². The second-order valence-corrected chi connectivity index (χ2v) is 5.03. The summed E-state index contributed by atoms with van der Waals surface area (Å²) in [7, 11) is 0. The third kappa shape index (κ3) is 3.04. The van der Waals surface area contributed by atoms with E-state index in [0.717, 1.165) is 9.37 Å². The summed E-state index contributed by atoms with van der Waals surface area (Å²) in [5.74, 6) is -0.0543. The molecule has 3 N–H and O–H groups in total. The first kappa shape index (κ1) is 12.1. The Morgan fingerprint density at radius 3 is 2.76 bits per heavy atom. The van der Waals surface area contributed by atoms with E-state index in [1.165, 1.54) is 11.8 Å². The maximum absolute atomic E-state index is 7.32. The first-order valence-corrected chi connectivity index (χ1v) is 6.37. The molecular formula is C11H9BrN4S. The van der Waals surface area contributed by atoms with Crippen LogP contribution in [0, 0.1) is 5.41 Å². The summed E-state index contributed by atoms with van der Waals surface area (Å²) in [6, 6.07) is 9.44. The van der Waals surface area contributed by atoms with E-state index in [1.54, 1.807) is 12.3 Å². The first-order valence-electron chi connectivity index (χ1n) is 4.76. The number of hydrogen-bond donors (Lipinski definition) is 2. The average molecular weight is 309 g/mol. The third-order valence-electron chi connectivity index (χ3n) is 1.95. The van der Waals surface area contributed by atoms with Crippen LogP contribution in [0.25, 0.3) is 0 Å². The fourth-order valence-electron chi connectivity index (χ4n) is 1.17. The van der Waals surface area contributed by atoms with Crippen molar-refractivity contribution in [2.75, 3.05) is 0 Å². The fraction of sp³-hybridized carbons (Fsp3) is 0. The van der Waals surface area contributed by atoms with Crippen LogP contribution < -0.4 is 5.73 Å². The van der Waals surface area contributed by atoms with Crippen LogP contribution in [0.3, 0.4) is 0 Å². The van der Waals surface area contributed by atoms with E-state index in [9.17, 15) is 0 Å². The van der Waals surface area contributed by atoms with Crippen molar-refractivity contribution < 1.29 is 0 Å². The van der Waals surface area contributed by atoms with Crippen molar-refractivity contribution in [1.29, 1.82) is 5.41 Å². The number of hydrogen-bond acceptors (Lipinski definition) is 4. The fourth-order valence-corrected chi connectivity index (χ4v) is 2.46. The molecule has 0 saturated heterocycles. The van der Waals surface area contributed by atoms with E-state index in [2.05, 4.69) is 25.9 Å². The van der Waals surface area contributed by atoms with Crippen LogP contribution in [0.1, 0.15) is 5.69 Å². The molecule has 0 atom stereocenters. The maximum atomic E-state index is 7.32. The van der Waals surface area contributed by atoms with E-state index < -0.39 is 0 Å². The van der Waals surface area contributed by atoms with Gasteiger partial charge in [0.05, 0.1) is 0 Å². The molecule has 0 radical (unpaired) electrons. The van der Waals surface area contributed by atoms with Crippen molar-refractivity contribution >= 4 is 33.5 Å². The van der Waals surface area contributed by atoms with Crippen LogP contribution in [0.5, 0.6) is 0 Å². The maximum Gasteiger partial charge on any atom is 0.193 e. The van der Waals surface area contributed by atoms with E-state index in [4.69, 9.17) is 11.1 Å². The molecule has 0 fully saturated rings. The van der Waals surface area contributed by atoms with Crippen molar-refractivity contribution in [2.45, 2.75) is 10.1 Å². The molecule has 17 heavy (non-hydrogen) atoms. The number of nitrogen functional groups attached to an aromatic ring is 1. The summed E-state index contributed by atoms with van der Waals surface area (Å²) in [6.07, 6.45) is 1.60. The van der Waals surface area contributed by atoms with Crippen molar-refractivity contribution in [3.05, 3.63) is 46.7 Å². The van der Waals surface area contributed by atoms with Gasteiger partial charge in [-0.25, -0.2) is 9.97 Å². The molecule has 0 amide bonds. The highest BCUT2D eigenvalue weighted by atomic mass is 79.9. The molecule has 6 heteroatoms. The molecule has 0 unspecified atom stereocenters. The molecular weight excluding hydrogens is 300 g/mol. The third-order valence-corrected chi connectivity index (χ3v) is 3.86. The number of nitrogens with zero attached hydrogens (tertiary/aromatic N) is 2. The van der Waals surface area contributed by atoms with E-state index in [1.807, 2.05) is 24.3 Å². The van der Waals surface area contributed by atoms with Crippen molar-refractivity contribution in [2.24, 2.45) is 5.73 Å². The van der Waals surface area contributed by atoms with E-state index >= 15 is 0 Å². The number of amidine groups is 1. The minimum Gasteiger partial charge on any atom is -0.382 e. The minimum absolute atomic E-state index is 0.0543. The molecule has 0 saturated carbocycles. The monoisotopic (exact) mass is 308 g/mol. The van der Waals surface area contributed by atoms with E-state index in [-0.39, 0.29) is 5.84 Å². The molecule has 86 valence electrons. The van der Waals surface area contributed by atoms with Gasteiger partial charge in [0.25, 0.3) is 0 Å². The number of aromatic nitrogens is 2. The van der Waals surface area contributed by atoms with Gasteiger partial charge in [-0.15, -0.1) is 0 Å². The molecule has 0 spiro atoms. The standard InChI is InChI=1S/C11H9BrN4S/c12-7-3-1-2-4-9(7)17-11-15-6-5-8(16-11)10(13)14/h1-6H,(H3,13,14). The van der Waals surface area contributed by atoms with Crippen molar-refractivity contribution in [1.82, 2.24) is 9.97 Å². The van der Waals surface area contributed by atoms with Crippen molar-refractivity contribution in [3.63, 3.8) is 0 Å². The predicted octanol–water partition coefficient (Wildman–Crippen LogP) is 2.67. The quantitative estimate of drug-likeness (QED) is 0.519. The predicted molar refractivity (Wildman–Crippen MR) is 71.3 cm³/mol. The van der Waals surface area contributed by atoms with Crippen LogP contribution in [0.2, 0.25) is 0 Å². The summed E-state index contributed by atoms with van der Waals surface area (Å²) in [4.78, 5) is 9.35. The van der Waals surface area contributed by atoms with E-state index in [0.29, 0.717) is 10.9 Å². The van der Waals surface area contributed by atoms with Gasteiger partial charge in [-0.1, -0.05) is 12.1 Å². The highest BCUT2D eigenvalue weighted by Gasteiger charge is 2.06. The average Bonchev–Trinajstić information content (AvgIpc) is 2.32. The lowest BCUT2D eigenvalue weighted by atomic mass is 10.4. The van der Waals surface area contributed by atoms with Crippen molar-refractivity contribution in [3.8, 4) is 0 Å². The van der Waals surface area contributed by atoms with Gasteiger partial charge < -0.3 is 5.73 Å². The zero-order chi connectivity index (χ0) is 12.3. The Labute approximate surface area is 111 Å². The smallest absolute Gasteiger partial charge is 0.193 e. The van der Waals surface area contributed by atoms with Crippen LogP contribution in [-0.4, -0.2) is 15.8 Å². The highest BCUT2D eigenvalue weighted by Crippen LogP contribution is 2.30. The van der Waals surface area contributed by atoms with Crippen LogP contribution in [-0.2, 0) is 0 Å². The topological polar surface area (TPSA) is 75.7 Å². The Hall–Kier alpha value is -1.40. The second kappa shape index (κ2) is 5.29. The molecule has 0 aliphatic rings. The number of halogens is 1. The van der Waals surface area contributed by atoms with Gasteiger partial charge in [0, 0.05) is 15.6 Å². The Kier molecular flexibility index (Phi) is 3.75. The zero-order valence-electron chi connectivity index (χ0n) is 8.72. The number of nitrogens with two attached hydrogens (primary N) is 1. The second-order valence-electron chi connectivity index (χ2n) is 3.17. The lowest BCUT2D eigenvalue weighted by Crippen LogP contribution is -2.13. The van der Waals surface area contributed by atoms with Crippen LogP contribution in [0.15, 0.2) is 51.1 Å². The molecule has 0 bridgehead atoms. The molecule has 1 aromatic carbocycles. The number of rotatable bonds is 3. The summed E-state index contributed by atoms with van der Waals surface area (Å²) in [5.41, 5.74) is 5.82. The Morgan fingerprint density at radius 1 is 1.29 bits per heavy atom. The SMILES string of the molecule is N=C(N)c1ccnc(Sc2ccccc2Br)n1. The van der Waals surface area contributed by atoms with Gasteiger partial charge in [-0.2, -0.15) is 0 Å². The lowest BCUT2D eigenvalue weighted by Gasteiger charge is -2.03. The Bertz CT molecular complexity index is 559. The first-order chi connectivity index (χ1) is 8.16. The van der Waals surface area contributed by atoms with Crippen LogP contribution in [0.4, 0.5) is 0 Å². The molecule has 1 aromatic heterocycles. The molecule has 1 heterocycles.